The Morgan fingerprint density at radius 3 is 2.33 bits per heavy atom. The molecular formula is C13H14BrNO3. The van der Waals surface area contributed by atoms with Crippen LogP contribution in [0.3, 0.4) is 0 Å². The van der Waals surface area contributed by atoms with E-state index in [0.29, 0.717) is 19.3 Å². The van der Waals surface area contributed by atoms with Crippen molar-refractivity contribution >= 4 is 33.5 Å². The number of carboxylic acids is 1. The summed E-state index contributed by atoms with van der Waals surface area (Å²) in [5.41, 5.74) is 0.738. The van der Waals surface area contributed by atoms with E-state index >= 15 is 0 Å². The van der Waals surface area contributed by atoms with Crippen molar-refractivity contribution in [3.05, 3.63) is 28.7 Å². The molecule has 2 atom stereocenters. The third-order valence-electron chi connectivity index (χ3n) is 3.26. The number of halogens is 1. The molecule has 0 aromatic heterocycles. The molecule has 5 heteroatoms. The topological polar surface area (TPSA) is 66.4 Å². The zero-order chi connectivity index (χ0) is 13.1. The van der Waals surface area contributed by atoms with Crippen LogP contribution >= 0.6 is 15.9 Å². The minimum absolute atomic E-state index is 0.0823. The number of nitrogens with one attached hydrogen (secondary N) is 1. The summed E-state index contributed by atoms with van der Waals surface area (Å²) < 4.78 is 0.951. The molecule has 96 valence electrons. The fraction of sp³-hybridized carbons (Fsp3) is 0.385. The zero-order valence-corrected chi connectivity index (χ0v) is 11.3. The first-order valence-corrected chi connectivity index (χ1v) is 6.65. The highest BCUT2D eigenvalue weighted by molar-refractivity contribution is 9.10. The smallest absolute Gasteiger partial charge is 0.306 e. The molecule has 1 aliphatic rings. The number of aliphatic carboxylic acids is 1. The van der Waals surface area contributed by atoms with E-state index < -0.39 is 5.97 Å². The summed E-state index contributed by atoms with van der Waals surface area (Å²) in [6, 6.07) is 7.33. The molecule has 0 spiro atoms. The van der Waals surface area contributed by atoms with E-state index in [1.54, 1.807) is 0 Å². The quantitative estimate of drug-likeness (QED) is 0.902. The first-order valence-electron chi connectivity index (χ1n) is 5.85. The Morgan fingerprint density at radius 2 is 1.78 bits per heavy atom. The molecule has 1 aromatic rings. The van der Waals surface area contributed by atoms with Crippen molar-refractivity contribution in [3.8, 4) is 0 Å². The van der Waals surface area contributed by atoms with Crippen molar-refractivity contribution in [2.45, 2.75) is 19.3 Å². The van der Waals surface area contributed by atoms with Gasteiger partial charge in [-0.2, -0.15) is 0 Å². The highest BCUT2D eigenvalue weighted by atomic mass is 79.9. The van der Waals surface area contributed by atoms with Gasteiger partial charge in [-0.15, -0.1) is 0 Å². The molecule has 2 N–H and O–H groups in total. The average molecular weight is 312 g/mol. The standard InChI is InChI=1S/C13H14BrNO3/c14-10-3-5-11(6-4-10)15-12(16)8-1-2-9(7-8)13(17)18/h3-6,8-9H,1-2,7H2,(H,15,16)(H,17,18)/t8-,9+/m0/s1. The molecule has 0 radical (unpaired) electrons. The lowest BCUT2D eigenvalue weighted by Gasteiger charge is -2.10. The van der Waals surface area contributed by atoms with E-state index in [1.165, 1.54) is 0 Å². The highest BCUT2D eigenvalue weighted by Gasteiger charge is 2.33. The molecule has 0 unspecified atom stereocenters. The van der Waals surface area contributed by atoms with Gasteiger partial charge in [0.25, 0.3) is 0 Å². The SMILES string of the molecule is O=C(O)[C@@H]1CC[C@H](C(=O)Nc2ccc(Br)cc2)C1. The average Bonchev–Trinajstić information content (AvgIpc) is 2.81. The Morgan fingerprint density at radius 1 is 1.17 bits per heavy atom. The van der Waals surface area contributed by atoms with Crippen LogP contribution in [0.5, 0.6) is 0 Å². The summed E-state index contributed by atoms with van der Waals surface area (Å²) in [7, 11) is 0. The monoisotopic (exact) mass is 311 g/mol. The highest BCUT2D eigenvalue weighted by Crippen LogP contribution is 2.31. The number of anilines is 1. The summed E-state index contributed by atoms with van der Waals surface area (Å²) in [5.74, 6) is -1.43. The van der Waals surface area contributed by atoms with Crippen molar-refractivity contribution in [1.29, 1.82) is 0 Å². The number of carbonyl (C=O) groups is 2. The first kappa shape index (κ1) is 13.1. The van der Waals surface area contributed by atoms with Crippen molar-refractivity contribution in [2.75, 3.05) is 5.32 Å². The lowest BCUT2D eigenvalue weighted by Crippen LogP contribution is -2.21. The Labute approximate surface area is 114 Å². The van der Waals surface area contributed by atoms with Gasteiger partial charge in [0.2, 0.25) is 5.91 Å². The van der Waals surface area contributed by atoms with Crippen LogP contribution < -0.4 is 5.32 Å². The first-order chi connectivity index (χ1) is 8.56. The summed E-state index contributed by atoms with van der Waals surface area (Å²) in [6.45, 7) is 0. The van der Waals surface area contributed by atoms with Crippen LogP contribution in [0.4, 0.5) is 5.69 Å². The molecule has 1 fully saturated rings. The molecule has 4 nitrogen and oxygen atoms in total. The maximum Gasteiger partial charge on any atom is 0.306 e. The molecule has 0 aliphatic heterocycles. The van der Waals surface area contributed by atoms with Gasteiger partial charge < -0.3 is 10.4 Å². The number of carboxylic acid groups (broad SMARTS) is 1. The van der Waals surface area contributed by atoms with Gasteiger partial charge in [0.15, 0.2) is 0 Å². The molecule has 1 aliphatic carbocycles. The fourth-order valence-electron chi connectivity index (χ4n) is 2.22. The van der Waals surface area contributed by atoms with Crippen LogP contribution in [-0.2, 0) is 9.59 Å². The van der Waals surface area contributed by atoms with E-state index in [0.717, 1.165) is 10.2 Å². The Bertz CT molecular complexity index is 458. The predicted molar refractivity (Wildman–Crippen MR) is 71.2 cm³/mol. The lowest BCUT2D eigenvalue weighted by atomic mass is 10.0. The van der Waals surface area contributed by atoms with Gasteiger partial charge in [0, 0.05) is 16.1 Å². The van der Waals surface area contributed by atoms with Gasteiger partial charge in [-0.25, -0.2) is 0 Å². The summed E-state index contributed by atoms with van der Waals surface area (Å²) >= 11 is 3.32. The molecule has 2 rings (SSSR count). The maximum absolute atomic E-state index is 12.0. The molecule has 18 heavy (non-hydrogen) atoms. The van der Waals surface area contributed by atoms with Crippen molar-refractivity contribution in [3.63, 3.8) is 0 Å². The van der Waals surface area contributed by atoms with Crippen LogP contribution in [-0.4, -0.2) is 17.0 Å². The van der Waals surface area contributed by atoms with Gasteiger partial charge in [-0.1, -0.05) is 15.9 Å². The van der Waals surface area contributed by atoms with E-state index in [4.69, 9.17) is 5.11 Å². The van der Waals surface area contributed by atoms with Gasteiger partial charge in [0.1, 0.15) is 0 Å². The molecular weight excluding hydrogens is 298 g/mol. The third-order valence-corrected chi connectivity index (χ3v) is 3.79. The van der Waals surface area contributed by atoms with Crippen LogP contribution in [0.15, 0.2) is 28.7 Å². The Balaban J connectivity index is 1.93. The summed E-state index contributed by atoms with van der Waals surface area (Å²) in [4.78, 5) is 22.8. The van der Waals surface area contributed by atoms with E-state index in [2.05, 4.69) is 21.2 Å². The molecule has 1 saturated carbocycles. The number of rotatable bonds is 3. The van der Waals surface area contributed by atoms with E-state index in [-0.39, 0.29) is 17.7 Å². The maximum atomic E-state index is 12.0. The Kier molecular flexibility index (Phi) is 4.01. The third kappa shape index (κ3) is 3.10. The van der Waals surface area contributed by atoms with Crippen molar-refractivity contribution < 1.29 is 14.7 Å². The van der Waals surface area contributed by atoms with Crippen molar-refractivity contribution in [1.82, 2.24) is 0 Å². The second-order valence-electron chi connectivity index (χ2n) is 4.54. The molecule has 1 amide bonds. The van der Waals surface area contributed by atoms with Gasteiger partial charge in [-0.05, 0) is 43.5 Å². The minimum atomic E-state index is -0.797. The van der Waals surface area contributed by atoms with Crippen LogP contribution in [0, 0.1) is 11.8 Å². The number of benzene rings is 1. The normalized spacial score (nSPS) is 22.7. The fourth-order valence-corrected chi connectivity index (χ4v) is 2.49. The van der Waals surface area contributed by atoms with Crippen molar-refractivity contribution in [2.24, 2.45) is 11.8 Å². The zero-order valence-electron chi connectivity index (χ0n) is 9.73. The van der Waals surface area contributed by atoms with E-state index in [9.17, 15) is 9.59 Å². The number of hydrogen-bond donors (Lipinski definition) is 2. The minimum Gasteiger partial charge on any atom is -0.481 e. The van der Waals surface area contributed by atoms with Gasteiger partial charge in [-0.3, -0.25) is 9.59 Å². The molecule has 1 aromatic carbocycles. The molecule has 0 saturated heterocycles. The predicted octanol–water partition coefficient (Wildman–Crippen LogP) is 2.89. The molecule has 0 bridgehead atoms. The lowest BCUT2D eigenvalue weighted by molar-refractivity contribution is -0.141. The summed E-state index contributed by atoms with van der Waals surface area (Å²) in [5, 5.41) is 11.7. The van der Waals surface area contributed by atoms with Gasteiger partial charge in [0.05, 0.1) is 5.92 Å². The second-order valence-corrected chi connectivity index (χ2v) is 5.46. The number of amides is 1. The Hall–Kier alpha value is -1.36. The van der Waals surface area contributed by atoms with Crippen LogP contribution in [0.1, 0.15) is 19.3 Å². The molecule has 0 heterocycles. The van der Waals surface area contributed by atoms with Gasteiger partial charge >= 0.3 is 5.97 Å². The number of carbonyl (C=O) groups excluding carboxylic acids is 1. The number of hydrogen-bond acceptors (Lipinski definition) is 2. The second kappa shape index (κ2) is 5.52. The van der Waals surface area contributed by atoms with E-state index in [1.807, 2.05) is 24.3 Å². The van der Waals surface area contributed by atoms with Crippen LogP contribution in [0.2, 0.25) is 0 Å². The van der Waals surface area contributed by atoms with Crippen LogP contribution in [0.25, 0.3) is 0 Å². The summed E-state index contributed by atoms with van der Waals surface area (Å²) in [6.07, 6.45) is 1.69. The largest absolute Gasteiger partial charge is 0.481 e.